The molecular weight excluding hydrogens is 398 g/mol. The summed E-state index contributed by atoms with van der Waals surface area (Å²) in [6.45, 7) is 3.37. The smallest absolute Gasteiger partial charge is 0.332 e. The maximum Gasteiger partial charge on any atom is 0.332 e. The number of benzene rings is 1. The number of nitrogens with one attached hydrogen (secondary N) is 1. The van der Waals surface area contributed by atoms with Crippen molar-refractivity contribution >= 4 is 23.6 Å². The van der Waals surface area contributed by atoms with E-state index in [1.165, 1.54) is 17.7 Å². The first-order chi connectivity index (χ1) is 13.3. The number of aromatic nitrogens is 4. The van der Waals surface area contributed by atoms with Crippen LogP contribution in [-0.4, -0.2) is 41.5 Å². The molecule has 9 nitrogen and oxygen atoms in total. The maximum atomic E-state index is 12.4. The number of phenols is 2. The van der Waals surface area contributed by atoms with E-state index in [2.05, 4.69) is 17.2 Å². The third kappa shape index (κ3) is 4.63. The molecule has 0 radical (unpaired) electrons. The predicted molar refractivity (Wildman–Crippen MR) is 113 cm³/mol. The summed E-state index contributed by atoms with van der Waals surface area (Å²) in [5.41, 5.74) is 1.01. The molecule has 1 aromatic carbocycles. The van der Waals surface area contributed by atoms with Crippen LogP contribution in [0.15, 0.2) is 34.1 Å². The Morgan fingerprint density at radius 1 is 1.14 bits per heavy atom. The summed E-state index contributed by atoms with van der Waals surface area (Å²) >= 11 is 0. The van der Waals surface area contributed by atoms with E-state index in [0.717, 1.165) is 23.0 Å². The molecule has 3 N–H and O–H groups in total. The van der Waals surface area contributed by atoms with Gasteiger partial charge in [-0.05, 0) is 44.0 Å². The van der Waals surface area contributed by atoms with Gasteiger partial charge in [-0.1, -0.05) is 6.07 Å². The number of aryl methyl sites for hydroxylation is 2. The molecule has 0 saturated carbocycles. The normalized spacial score (nSPS) is 12.1. The molecule has 0 amide bonds. The zero-order chi connectivity index (χ0) is 20.4. The minimum Gasteiger partial charge on any atom is -0.504 e. The highest BCUT2D eigenvalue weighted by atomic mass is 35.5. The van der Waals surface area contributed by atoms with Crippen molar-refractivity contribution in [3.05, 3.63) is 50.9 Å². The average molecular weight is 424 g/mol. The van der Waals surface area contributed by atoms with Crippen LogP contribution in [0.5, 0.6) is 11.5 Å². The van der Waals surface area contributed by atoms with Crippen LogP contribution in [0.1, 0.15) is 18.9 Å². The molecule has 0 spiro atoms. The lowest BCUT2D eigenvalue weighted by molar-refractivity contribution is 0.403. The summed E-state index contributed by atoms with van der Waals surface area (Å²) < 4.78 is 4.25. The lowest BCUT2D eigenvalue weighted by atomic mass is 10.1. The largest absolute Gasteiger partial charge is 0.504 e. The topological polar surface area (TPSA) is 114 Å². The van der Waals surface area contributed by atoms with Gasteiger partial charge in [0.1, 0.15) is 0 Å². The van der Waals surface area contributed by atoms with E-state index in [9.17, 15) is 19.8 Å². The van der Waals surface area contributed by atoms with Gasteiger partial charge in [0.05, 0.1) is 6.33 Å². The fourth-order valence-electron chi connectivity index (χ4n) is 3.19. The summed E-state index contributed by atoms with van der Waals surface area (Å²) in [5, 5.41) is 22.3. The van der Waals surface area contributed by atoms with Gasteiger partial charge in [0.15, 0.2) is 22.7 Å². The van der Waals surface area contributed by atoms with Gasteiger partial charge in [-0.2, -0.15) is 0 Å². The molecule has 2 aromatic heterocycles. The Bertz CT molecular complexity index is 1120. The number of imidazole rings is 1. The molecule has 1 atom stereocenters. The zero-order valence-electron chi connectivity index (χ0n) is 16.6. The lowest BCUT2D eigenvalue weighted by Crippen LogP contribution is -2.37. The van der Waals surface area contributed by atoms with Gasteiger partial charge in [-0.15, -0.1) is 12.4 Å². The highest BCUT2D eigenvalue weighted by Crippen LogP contribution is 2.24. The van der Waals surface area contributed by atoms with Crippen molar-refractivity contribution in [3.8, 4) is 11.5 Å². The second-order valence-electron chi connectivity index (χ2n) is 7.03. The molecule has 10 heteroatoms. The molecule has 0 bridgehead atoms. The van der Waals surface area contributed by atoms with Crippen molar-refractivity contribution in [2.45, 2.75) is 32.4 Å². The number of nitrogens with zero attached hydrogens (tertiary/aromatic N) is 4. The van der Waals surface area contributed by atoms with Gasteiger partial charge in [-0.3, -0.25) is 13.9 Å². The van der Waals surface area contributed by atoms with Gasteiger partial charge in [0, 0.05) is 26.7 Å². The van der Waals surface area contributed by atoms with E-state index in [0.29, 0.717) is 24.3 Å². The number of hydrogen-bond donors (Lipinski definition) is 3. The number of phenolic OH excluding ortho intramolecular Hbond substituents is 2. The number of aromatic hydroxyl groups is 2. The molecule has 1 unspecified atom stereocenters. The Labute approximate surface area is 173 Å². The third-order valence-electron chi connectivity index (χ3n) is 4.97. The highest BCUT2D eigenvalue weighted by Gasteiger charge is 2.14. The van der Waals surface area contributed by atoms with Gasteiger partial charge < -0.3 is 20.1 Å². The minimum atomic E-state index is -0.391. The van der Waals surface area contributed by atoms with E-state index in [1.807, 2.05) is 0 Å². The van der Waals surface area contributed by atoms with Crippen LogP contribution in [-0.2, 0) is 27.1 Å². The summed E-state index contributed by atoms with van der Waals surface area (Å²) in [6.07, 6.45) is 3.09. The first-order valence-corrected chi connectivity index (χ1v) is 9.14. The van der Waals surface area contributed by atoms with Gasteiger partial charge in [-0.25, -0.2) is 9.78 Å². The molecule has 3 aromatic rings. The van der Waals surface area contributed by atoms with E-state index in [-0.39, 0.29) is 35.5 Å². The second-order valence-corrected chi connectivity index (χ2v) is 7.03. The van der Waals surface area contributed by atoms with Crippen molar-refractivity contribution in [3.63, 3.8) is 0 Å². The Morgan fingerprint density at radius 2 is 1.86 bits per heavy atom. The molecule has 0 aliphatic rings. The number of fused-ring (bicyclic) bond motifs is 1. The molecule has 0 aliphatic heterocycles. The van der Waals surface area contributed by atoms with Crippen LogP contribution in [0, 0.1) is 0 Å². The van der Waals surface area contributed by atoms with Crippen LogP contribution in [0.3, 0.4) is 0 Å². The highest BCUT2D eigenvalue weighted by molar-refractivity contribution is 5.85. The molecule has 158 valence electrons. The Balaban J connectivity index is 0.00000300. The molecule has 0 aliphatic carbocycles. The van der Waals surface area contributed by atoms with Crippen molar-refractivity contribution in [1.29, 1.82) is 0 Å². The van der Waals surface area contributed by atoms with Crippen LogP contribution >= 0.6 is 12.4 Å². The SMILES string of the molecule is CC(CCn1cnc2c1c(=O)n(C)c(=O)n2C)NCCc1ccc(O)c(O)c1.Cl. The monoisotopic (exact) mass is 423 g/mol. The molecule has 3 rings (SSSR count). The van der Waals surface area contributed by atoms with Crippen LogP contribution < -0.4 is 16.6 Å². The van der Waals surface area contributed by atoms with E-state index < -0.39 is 5.69 Å². The quantitative estimate of drug-likeness (QED) is 0.486. The van der Waals surface area contributed by atoms with Crippen molar-refractivity contribution in [2.75, 3.05) is 6.54 Å². The molecule has 0 saturated heterocycles. The van der Waals surface area contributed by atoms with E-state index in [1.54, 1.807) is 30.1 Å². The third-order valence-corrected chi connectivity index (χ3v) is 4.97. The second kappa shape index (κ2) is 9.15. The summed E-state index contributed by atoms with van der Waals surface area (Å²) in [7, 11) is 3.07. The summed E-state index contributed by atoms with van der Waals surface area (Å²) in [4.78, 5) is 28.7. The molecule has 2 heterocycles. The molecular formula is C19H26ClN5O4. The van der Waals surface area contributed by atoms with Crippen molar-refractivity contribution in [2.24, 2.45) is 14.1 Å². The number of hydrogen-bond acceptors (Lipinski definition) is 6. The molecule has 29 heavy (non-hydrogen) atoms. The van der Waals surface area contributed by atoms with Gasteiger partial charge in [0.25, 0.3) is 5.56 Å². The first kappa shape index (κ1) is 22.5. The average Bonchev–Trinajstić information content (AvgIpc) is 3.10. The Morgan fingerprint density at radius 3 is 2.55 bits per heavy atom. The number of halogens is 1. The van der Waals surface area contributed by atoms with E-state index in [4.69, 9.17) is 0 Å². The van der Waals surface area contributed by atoms with Gasteiger partial charge in [0.2, 0.25) is 0 Å². The number of rotatable bonds is 7. The fraction of sp³-hybridized carbons (Fsp3) is 0.421. The van der Waals surface area contributed by atoms with Crippen LogP contribution in [0.4, 0.5) is 0 Å². The summed E-state index contributed by atoms with van der Waals surface area (Å²) in [5.74, 6) is -0.241. The van der Waals surface area contributed by atoms with Crippen molar-refractivity contribution in [1.82, 2.24) is 24.0 Å². The van der Waals surface area contributed by atoms with Crippen molar-refractivity contribution < 1.29 is 10.2 Å². The van der Waals surface area contributed by atoms with Gasteiger partial charge >= 0.3 is 5.69 Å². The lowest BCUT2D eigenvalue weighted by Gasteiger charge is -2.14. The first-order valence-electron chi connectivity index (χ1n) is 9.14. The Hall–Kier alpha value is -2.78. The van der Waals surface area contributed by atoms with E-state index >= 15 is 0 Å². The predicted octanol–water partition coefficient (Wildman–Crippen LogP) is 0.878. The minimum absolute atomic E-state index is 0. The molecule has 0 fully saturated rings. The maximum absolute atomic E-state index is 12.4. The standard InChI is InChI=1S/C19H25N5O4.ClH/c1-12(20-8-6-13-4-5-14(25)15(26)10-13)7-9-24-11-21-17-16(24)18(27)23(3)19(28)22(17)2;/h4-5,10-12,20,25-26H,6-9H2,1-3H3;1H. The Kier molecular flexibility index (Phi) is 7.10. The summed E-state index contributed by atoms with van der Waals surface area (Å²) in [6, 6.07) is 5.00. The van der Waals surface area contributed by atoms with Crippen LogP contribution in [0.25, 0.3) is 11.2 Å². The van der Waals surface area contributed by atoms with Crippen LogP contribution in [0.2, 0.25) is 0 Å². The zero-order valence-corrected chi connectivity index (χ0v) is 17.4. The fourth-order valence-corrected chi connectivity index (χ4v) is 3.19.